The molecular weight excluding hydrogens is 264 g/mol. The maximum atomic E-state index is 12.8. The highest BCUT2D eigenvalue weighted by atomic mass is 16.5. The fourth-order valence-corrected chi connectivity index (χ4v) is 2.91. The van der Waals surface area contributed by atoms with Gasteiger partial charge in [0.2, 0.25) is 0 Å². The minimum absolute atomic E-state index is 0.144. The van der Waals surface area contributed by atoms with Crippen LogP contribution in [-0.4, -0.2) is 26.1 Å². The number of para-hydroxylation sites is 1. The third-order valence-electron chi connectivity index (χ3n) is 4.41. The van der Waals surface area contributed by atoms with Gasteiger partial charge in [-0.1, -0.05) is 26.0 Å². The normalized spacial score (nSPS) is 18.4. The lowest BCUT2D eigenvalue weighted by Crippen LogP contribution is -2.26. The number of rotatable bonds is 6. The van der Waals surface area contributed by atoms with E-state index in [0.29, 0.717) is 24.4 Å². The van der Waals surface area contributed by atoms with Gasteiger partial charge in [-0.25, -0.2) is 0 Å². The Morgan fingerprint density at radius 1 is 1.19 bits per heavy atom. The lowest BCUT2D eigenvalue weighted by atomic mass is 9.71. The quantitative estimate of drug-likeness (QED) is 0.584. The Labute approximate surface area is 127 Å². The van der Waals surface area contributed by atoms with Crippen molar-refractivity contribution < 1.29 is 14.3 Å². The van der Waals surface area contributed by atoms with Gasteiger partial charge in [0.1, 0.15) is 12.4 Å². The molecule has 1 aromatic carbocycles. The molecule has 21 heavy (non-hydrogen) atoms. The summed E-state index contributed by atoms with van der Waals surface area (Å²) in [6.45, 7) is 5.57. The molecule has 0 aliphatic heterocycles. The van der Waals surface area contributed by atoms with Crippen molar-refractivity contribution in [2.45, 2.75) is 39.5 Å². The van der Waals surface area contributed by atoms with Crippen molar-refractivity contribution in [3.63, 3.8) is 0 Å². The Morgan fingerprint density at radius 2 is 1.86 bits per heavy atom. The number of benzene rings is 1. The highest BCUT2D eigenvalue weighted by molar-refractivity contribution is 6.00. The van der Waals surface area contributed by atoms with E-state index in [0.717, 1.165) is 31.2 Å². The van der Waals surface area contributed by atoms with Crippen LogP contribution in [0.1, 0.15) is 49.9 Å². The molecule has 0 unspecified atom stereocenters. The van der Waals surface area contributed by atoms with Gasteiger partial charge in [-0.15, -0.1) is 0 Å². The molecule has 0 amide bonds. The molecule has 3 heteroatoms. The van der Waals surface area contributed by atoms with Crippen molar-refractivity contribution in [3.05, 3.63) is 29.8 Å². The highest BCUT2D eigenvalue weighted by Gasteiger charge is 2.31. The van der Waals surface area contributed by atoms with Gasteiger partial charge in [0, 0.05) is 13.0 Å². The Bertz CT molecular complexity index is 469. The minimum atomic E-state index is 0.144. The average molecular weight is 290 g/mol. The van der Waals surface area contributed by atoms with E-state index in [1.54, 1.807) is 7.11 Å². The summed E-state index contributed by atoms with van der Waals surface area (Å²) in [5.41, 5.74) is 1.10. The van der Waals surface area contributed by atoms with Crippen molar-refractivity contribution >= 4 is 5.78 Å². The summed E-state index contributed by atoms with van der Waals surface area (Å²) in [4.78, 5) is 12.8. The highest BCUT2D eigenvalue weighted by Crippen LogP contribution is 2.39. The van der Waals surface area contributed by atoms with Gasteiger partial charge < -0.3 is 9.47 Å². The monoisotopic (exact) mass is 290 g/mol. The Morgan fingerprint density at radius 3 is 2.52 bits per heavy atom. The van der Waals surface area contributed by atoms with Gasteiger partial charge in [-0.3, -0.25) is 4.79 Å². The molecule has 0 bridgehead atoms. The lowest BCUT2D eigenvalue weighted by Gasteiger charge is -2.33. The van der Waals surface area contributed by atoms with Gasteiger partial charge in [-0.2, -0.15) is 0 Å². The number of methoxy groups -OCH3 is 1. The number of carbonyl (C=O) groups excluding carboxylic acids is 1. The minimum Gasteiger partial charge on any atom is -0.490 e. The molecule has 1 saturated carbocycles. The van der Waals surface area contributed by atoms with Crippen LogP contribution < -0.4 is 4.74 Å². The summed E-state index contributed by atoms with van der Waals surface area (Å²) in [5, 5.41) is 0. The summed E-state index contributed by atoms with van der Waals surface area (Å²) in [6, 6.07) is 7.56. The zero-order valence-corrected chi connectivity index (χ0v) is 13.4. The molecule has 1 aromatic rings. The van der Waals surface area contributed by atoms with E-state index in [9.17, 15) is 4.79 Å². The standard InChI is InChI=1S/C18H26O3/c1-18(2)10-8-14(9-11-18)17(19)15-6-4-5-7-16(15)21-13-12-20-3/h4-7,14H,8-13H2,1-3H3. The summed E-state index contributed by atoms with van der Waals surface area (Å²) < 4.78 is 10.7. The Hall–Kier alpha value is -1.35. The lowest BCUT2D eigenvalue weighted by molar-refractivity contribution is 0.0831. The van der Waals surface area contributed by atoms with Crippen LogP contribution in [0.25, 0.3) is 0 Å². The first-order valence-electron chi connectivity index (χ1n) is 7.78. The zero-order valence-electron chi connectivity index (χ0n) is 13.4. The molecule has 0 heterocycles. The van der Waals surface area contributed by atoms with E-state index >= 15 is 0 Å². The molecule has 1 aliphatic carbocycles. The smallest absolute Gasteiger partial charge is 0.169 e. The molecule has 2 rings (SSSR count). The summed E-state index contributed by atoms with van der Waals surface area (Å²) >= 11 is 0. The van der Waals surface area contributed by atoms with Crippen molar-refractivity contribution in [2.75, 3.05) is 20.3 Å². The fraction of sp³-hybridized carbons (Fsp3) is 0.611. The number of ether oxygens (including phenoxy) is 2. The molecule has 0 radical (unpaired) electrons. The van der Waals surface area contributed by atoms with Crippen LogP contribution in [0, 0.1) is 11.3 Å². The van der Waals surface area contributed by atoms with Crippen LogP contribution in [0.3, 0.4) is 0 Å². The number of ketones is 1. The maximum Gasteiger partial charge on any atom is 0.169 e. The zero-order chi connectivity index (χ0) is 15.3. The van der Waals surface area contributed by atoms with Crippen molar-refractivity contribution in [1.29, 1.82) is 0 Å². The van der Waals surface area contributed by atoms with E-state index in [-0.39, 0.29) is 11.7 Å². The molecule has 0 atom stereocenters. The summed E-state index contributed by atoms with van der Waals surface area (Å²) in [5.74, 6) is 1.06. The molecule has 3 nitrogen and oxygen atoms in total. The Balaban J connectivity index is 2.05. The molecular formula is C18H26O3. The second-order valence-electron chi connectivity index (χ2n) is 6.64. The SMILES string of the molecule is COCCOc1ccccc1C(=O)C1CCC(C)(C)CC1. The van der Waals surface area contributed by atoms with Crippen LogP contribution in [0.4, 0.5) is 0 Å². The summed E-state index contributed by atoms with van der Waals surface area (Å²) in [7, 11) is 1.64. The first kappa shape index (κ1) is 16.0. The molecule has 1 aliphatic rings. The number of hydrogen-bond donors (Lipinski definition) is 0. The van der Waals surface area contributed by atoms with Crippen LogP contribution in [0.5, 0.6) is 5.75 Å². The molecule has 116 valence electrons. The first-order chi connectivity index (χ1) is 10.0. The van der Waals surface area contributed by atoms with Gasteiger partial charge in [0.15, 0.2) is 5.78 Å². The second kappa shape index (κ2) is 7.08. The third-order valence-corrected chi connectivity index (χ3v) is 4.41. The molecule has 0 saturated heterocycles. The average Bonchev–Trinajstić information content (AvgIpc) is 2.47. The third kappa shape index (κ3) is 4.31. The number of hydrogen-bond acceptors (Lipinski definition) is 3. The second-order valence-corrected chi connectivity index (χ2v) is 6.64. The largest absolute Gasteiger partial charge is 0.490 e. The van der Waals surface area contributed by atoms with Crippen LogP contribution in [-0.2, 0) is 4.74 Å². The molecule has 0 spiro atoms. The molecule has 0 aromatic heterocycles. The maximum absolute atomic E-state index is 12.8. The summed E-state index contributed by atoms with van der Waals surface area (Å²) in [6.07, 6.45) is 4.21. The van der Waals surface area contributed by atoms with Crippen molar-refractivity contribution in [2.24, 2.45) is 11.3 Å². The number of Topliss-reactive ketones (excluding diaryl/α,β-unsaturated/α-hetero) is 1. The van der Waals surface area contributed by atoms with E-state index in [1.807, 2.05) is 24.3 Å². The van der Waals surface area contributed by atoms with Crippen molar-refractivity contribution in [3.8, 4) is 5.75 Å². The van der Waals surface area contributed by atoms with Gasteiger partial charge in [0.05, 0.1) is 12.2 Å². The predicted octanol–water partition coefficient (Wildman–Crippen LogP) is 4.11. The van der Waals surface area contributed by atoms with E-state index in [2.05, 4.69) is 13.8 Å². The van der Waals surface area contributed by atoms with Gasteiger partial charge in [0.25, 0.3) is 0 Å². The van der Waals surface area contributed by atoms with Crippen LogP contribution >= 0.6 is 0 Å². The van der Waals surface area contributed by atoms with Gasteiger partial charge in [-0.05, 0) is 43.2 Å². The topological polar surface area (TPSA) is 35.5 Å². The van der Waals surface area contributed by atoms with E-state index in [4.69, 9.17) is 9.47 Å². The van der Waals surface area contributed by atoms with Crippen molar-refractivity contribution in [1.82, 2.24) is 0 Å². The van der Waals surface area contributed by atoms with Crippen LogP contribution in [0.15, 0.2) is 24.3 Å². The Kier molecular flexibility index (Phi) is 5.40. The molecule has 1 fully saturated rings. The van der Waals surface area contributed by atoms with Crippen LogP contribution in [0.2, 0.25) is 0 Å². The predicted molar refractivity (Wildman–Crippen MR) is 83.9 cm³/mol. The first-order valence-corrected chi connectivity index (χ1v) is 7.78. The van der Waals surface area contributed by atoms with E-state index in [1.165, 1.54) is 0 Å². The van der Waals surface area contributed by atoms with Gasteiger partial charge >= 0.3 is 0 Å². The molecule has 0 N–H and O–H groups in total. The van der Waals surface area contributed by atoms with E-state index < -0.39 is 0 Å². The fourth-order valence-electron chi connectivity index (χ4n) is 2.91. The number of carbonyl (C=O) groups is 1.